The van der Waals surface area contributed by atoms with Crippen LogP contribution in [0.3, 0.4) is 0 Å². The number of alkyl halides is 3. The molecule has 0 saturated carbocycles. The number of anilines is 1. The standard InChI is InChI=1S/C13H18F3N3O2/c1-18(2)8-4-3-7-17-11-6-5-10(13(14,15)16)9-12(11)19(20)21/h5-6,9,17H,3-4,7-8H2,1-2H3. The van der Waals surface area contributed by atoms with E-state index in [1.807, 2.05) is 19.0 Å². The van der Waals surface area contributed by atoms with E-state index in [1.54, 1.807) is 0 Å². The maximum Gasteiger partial charge on any atom is 0.416 e. The van der Waals surface area contributed by atoms with E-state index in [-0.39, 0.29) is 5.69 Å². The average Bonchev–Trinajstić information content (AvgIpc) is 2.36. The first-order chi connectivity index (χ1) is 9.71. The summed E-state index contributed by atoms with van der Waals surface area (Å²) >= 11 is 0. The molecular formula is C13H18F3N3O2. The first kappa shape index (κ1) is 17.2. The second-order valence-electron chi connectivity index (χ2n) is 4.92. The second-order valence-corrected chi connectivity index (χ2v) is 4.92. The van der Waals surface area contributed by atoms with Gasteiger partial charge in [-0.15, -0.1) is 0 Å². The Labute approximate surface area is 120 Å². The highest BCUT2D eigenvalue weighted by Gasteiger charge is 2.32. The molecule has 0 aliphatic heterocycles. The zero-order valence-corrected chi connectivity index (χ0v) is 11.9. The van der Waals surface area contributed by atoms with Gasteiger partial charge in [-0.25, -0.2) is 0 Å². The molecule has 1 aromatic carbocycles. The number of nitro benzene ring substituents is 1. The van der Waals surface area contributed by atoms with Crippen LogP contribution < -0.4 is 5.32 Å². The number of rotatable bonds is 7. The Balaban J connectivity index is 2.72. The quantitative estimate of drug-likeness (QED) is 0.477. The average molecular weight is 305 g/mol. The summed E-state index contributed by atoms with van der Waals surface area (Å²) in [6, 6.07) is 2.50. The number of hydrogen-bond acceptors (Lipinski definition) is 4. The van der Waals surface area contributed by atoms with Crippen LogP contribution in [0.25, 0.3) is 0 Å². The molecule has 0 heterocycles. The van der Waals surface area contributed by atoms with Crippen LogP contribution in [0.4, 0.5) is 24.5 Å². The summed E-state index contributed by atoms with van der Waals surface area (Å²) in [5.74, 6) is 0. The van der Waals surface area contributed by atoms with Gasteiger partial charge in [0.25, 0.3) is 5.69 Å². The summed E-state index contributed by atoms with van der Waals surface area (Å²) in [4.78, 5) is 12.1. The number of nitrogens with zero attached hydrogens (tertiary/aromatic N) is 2. The lowest BCUT2D eigenvalue weighted by atomic mass is 10.1. The third-order valence-corrected chi connectivity index (χ3v) is 2.87. The van der Waals surface area contributed by atoms with Crippen LogP contribution in [-0.2, 0) is 6.18 Å². The van der Waals surface area contributed by atoms with Crippen LogP contribution in [-0.4, -0.2) is 37.0 Å². The summed E-state index contributed by atoms with van der Waals surface area (Å²) in [5, 5.41) is 13.7. The van der Waals surface area contributed by atoms with Crippen molar-refractivity contribution in [1.82, 2.24) is 4.90 Å². The topological polar surface area (TPSA) is 58.4 Å². The SMILES string of the molecule is CN(C)CCCCNc1ccc(C(F)(F)F)cc1[N+](=O)[O-]. The number of benzene rings is 1. The molecule has 0 aromatic heterocycles. The van der Waals surface area contributed by atoms with Crippen LogP contribution in [0.2, 0.25) is 0 Å². The molecule has 0 radical (unpaired) electrons. The van der Waals surface area contributed by atoms with Gasteiger partial charge in [0.15, 0.2) is 0 Å². The Morgan fingerprint density at radius 1 is 1.29 bits per heavy atom. The van der Waals surface area contributed by atoms with Gasteiger partial charge in [-0.2, -0.15) is 13.2 Å². The monoisotopic (exact) mass is 305 g/mol. The Morgan fingerprint density at radius 2 is 1.95 bits per heavy atom. The molecule has 0 unspecified atom stereocenters. The third kappa shape index (κ3) is 5.58. The van der Waals surface area contributed by atoms with E-state index < -0.39 is 22.4 Å². The van der Waals surface area contributed by atoms with Crippen LogP contribution in [0.5, 0.6) is 0 Å². The van der Waals surface area contributed by atoms with Gasteiger partial charge in [0, 0.05) is 12.6 Å². The fourth-order valence-corrected chi connectivity index (χ4v) is 1.78. The maximum absolute atomic E-state index is 12.5. The van der Waals surface area contributed by atoms with Crippen LogP contribution in [0.1, 0.15) is 18.4 Å². The van der Waals surface area contributed by atoms with Gasteiger partial charge in [-0.3, -0.25) is 10.1 Å². The van der Waals surface area contributed by atoms with Gasteiger partial charge in [-0.05, 0) is 45.6 Å². The highest BCUT2D eigenvalue weighted by molar-refractivity contribution is 5.62. The minimum atomic E-state index is -4.59. The highest BCUT2D eigenvalue weighted by atomic mass is 19.4. The molecule has 5 nitrogen and oxygen atoms in total. The summed E-state index contributed by atoms with van der Waals surface area (Å²) in [6.07, 6.45) is -2.92. The van der Waals surface area contributed by atoms with E-state index in [9.17, 15) is 23.3 Å². The fourth-order valence-electron chi connectivity index (χ4n) is 1.78. The van der Waals surface area contributed by atoms with Gasteiger partial charge in [0.2, 0.25) is 0 Å². The van der Waals surface area contributed by atoms with Gasteiger partial charge >= 0.3 is 6.18 Å². The van der Waals surface area contributed by atoms with Crippen molar-refractivity contribution in [2.75, 3.05) is 32.5 Å². The van der Waals surface area contributed by atoms with Crippen LogP contribution in [0.15, 0.2) is 18.2 Å². The zero-order valence-electron chi connectivity index (χ0n) is 11.9. The smallest absolute Gasteiger partial charge is 0.379 e. The second kappa shape index (κ2) is 7.26. The van der Waals surface area contributed by atoms with Crippen LogP contribution in [0, 0.1) is 10.1 Å². The van der Waals surface area contributed by atoms with Gasteiger partial charge in [0.1, 0.15) is 5.69 Å². The maximum atomic E-state index is 12.5. The van der Waals surface area contributed by atoms with Crippen molar-refractivity contribution in [2.24, 2.45) is 0 Å². The summed E-state index contributed by atoms with van der Waals surface area (Å²) in [6.45, 7) is 1.36. The molecular weight excluding hydrogens is 287 g/mol. The normalized spacial score (nSPS) is 11.7. The Hall–Kier alpha value is -1.83. The van der Waals surface area contributed by atoms with Crippen molar-refractivity contribution in [2.45, 2.75) is 19.0 Å². The van der Waals surface area contributed by atoms with Gasteiger partial charge in [0.05, 0.1) is 10.5 Å². The molecule has 0 spiro atoms. The minimum absolute atomic E-state index is 0.109. The summed E-state index contributed by atoms with van der Waals surface area (Å²) < 4.78 is 37.6. The van der Waals surface area contributed by atoms with Crippen molar-refractivity contribution in [3.63, 3.8) is 0 Å². The molecule has 0 bridgehead atoms. The predicted molar refractivity (Wildman–Crippen MR) is 74.4 cm³/mol. The highest BCUT2D eigenvalue weighted by Crippen LogP contribution is 2.34. The molecule has 0 aliphatic carbocycles. The molecule has 0 saturated heterocycles. The Kier molecular flexibility index (Phi) is 5.95. The largest absolute Gasteiger partial charge is 0.416 e. The first-order valence-electron chi connectivity index (χ1n) is 6.46. The molecule has 118 valence electrons. The first-order valence-corrected chi connectivity index (χ1v) is 6.46. The predicted octanol–water partition coefficient (Wildman–Crippen LogP) is 3.37. The number of unbranched alkanes of at least 4 members (excludes halogenated alkanes) is 1. The lowest BCUT2D eigenvalue weighted by Gasteiger charge is -2.11. The lowest BCUT2D eigenvalue weighted by Crippen LogP contribution is -2.14. The molecule has 0 atom stereocenters. The number of halogens is 3. The Bertz CT molecular complexity index is 490. The van der Waals surface area contributed by atoms with Crippen molar-refractivity contribution < 1.29 is 18.1 Å². The fraction of sp³-hybridized carbons (Fsp3) is 0.538. The molecule has 8 heteroatoms. The van der Waals surface area contributed by atoms with E-state index in [1.165, 1.54) is 0 Å². The third-order valence-electron chi connectivity index (χ3n) is 2.87. The molecule has 1 N–H and O–H groups in total. The summed E-state index contributed by atoms with van der Waals surface area (Å²) in [5.41, 5.74) is -1.47. The molecule has 0 fully saturated rings. The lowest BCUT2D eigenvalue weighted by molar-refractivity contribution is -0.384. The summed E-state index contributed by atoms with van der Waals surface area (Å²) in [7, 11) is 3.88. The number of nitrogens with one attached hydrogen (secondary N) is 1. The van der Waals surface area contributed by atoms with Crippen molar-refractivity contribution >= 4 is 11.4 Å². The zero-order chi connectivity index (χ0) is 16.0. The van der Waals surface area contributed by atoms with E-state index in [0.717, 1.165) is 31.5 Å². The molecule has 0 amide bonds. The molecule has 1 aromatic rings. The van der Waals surface area contributed by atoms with E-state index >= 15 is 0 Å². The Morgan fingerprint density at radius 3 is 2.48 bits per heavy atom. The van der Waals surface area contributed by atoms with Crippen LogP contribution >= 0.6 is 0 Å². The van der Waals surface area contributed by atoms with E-state index in [2.05, 4.69) is 5.32 Å². The molecule has 0 aliphatic rings. The van der Waals surface area contributed by atoms with Crippen molar-refractivity contribution in [3.8, 4) is 0 Å². The van der Waals surface area contributed by atoms with Crippen molar-refractivity contribution in [1.29, 1.82) is 0 Å². The van der Waals surface area contributed by atoms with E-state index in [4.69, 9.17) is 0 Å². The van der Waals surface area contributed by atoms with Gasteiger partial charge in [-0.1, -0.05) is 0 Å². The van der Waals surface area contributed by atoms with Gasteiger partial charge < -0.3 is 10.2 Å². The number of hydrogen-bond donors (Lipinski definition) is 1. The molecule has 1 rings (SSSR count). The number of nitro groups is 1. The molecule has 21 heavy (non-hydrogen) atoms. The minimum Gasteiger partial charge on any atom is -0.379 e. The van der Waals surface area contributed by atoms with E-state index in [0.29, 0.717) is 12.6 Å². The van der Waals surface area contributed by atoms with Crippen molar-refractivity contribution in [3.05, 3.63) is 33.9 Å².